The van der Waals surface area contributed by atoms with E-state index in [9.17, 15) is 27.9 Å². The van der Waals surface area contributed by atoms with Crippen molar-refractivity contribution in [2.75, 3.05) is 18.4 Å². The Morgan fingerprint density at radius 1 is 1.19 bits per heavy atom. The standard InChI is InChI=1S/C25H32F3N5O3S/c1-14-7-6-10-33(14)23(35)19-20(37-22(32-19)21(34)30-13-24(2,3)36)16-12-29-18(11-17(16)25(26,27)28)31-15-8-4-5-9-15/h11-12,14-15,36H,4-10,13H2,1-3H3,(H,29,31)(H,30,34). The van der Waals surface area contributed by atoms with Crippen LogP contribution in [0.15, 0.2) is 12.3 Å². The maximum atomic E-state index is 14.3. The van der Waals surface area contributed by atoms with Crippen molar-refractivity contribution in [3.05, 3.63) is 28.5 Å². The average molecular weight is 540 g/mol. The molecule has 37 heavy (non-hydrogen) atoms. The minimum absolute atomic E-state index is 0.0512. The van der Waals surface area contributed by atoms with Gasteiger partial charge in [0.05, 0.1) is 16.0 Å². The van der Waals surface area contributed by atoms with E-state index in [2.05, 4.69) is 20.6 Å². The highest BCUT2D eigenvalue weighted by atomic mass is 32.1. The van der Waals surface area contributed by atoms with Crippen LogP contribution >= 0.6 is 11.3 Å². The second-order valence-corrected chi connectivity index (χ2v) is 11.4. The van der Waals surface area contributed by atoms with Gasteiger partial charge in [0.1, 0.15) is 11.5 Å². The smallest absolute Gasteiger partial charge is 0.389 e. The molecule has 1 aliphatic carbocycles. The van der Waals surface area contributed by atoms with Crippen molar-refractivity contribution in [3.63, 3.8) is 0 Å². The van der Waals surface area contributed by atoms with Crippen LogP contribution in [0.1, 0.15) is 85.2 Å². The van der Waals surface area contributed by atoms with Crippen molar-refractivity contribution >= 4 is 29.0 Å². The molecule has 3 N–H and O–H groups in total. The van der Waals surface area contributed by atoms with Crippen LogP contribution in [0, 0.1) is 0 Å². The number of rotatable bonds is 7. The minimum Gasteiger partial charge on any atom is -0.389 e. The normalized spacial score (nSPS) is 18.9. The predicted octanol–water partition coefficient (Wildman–Crippen LogP) is 4.70. The zero-order valence-electron chi connectivity index (χ0n) is 21.1. The van der Waals surface area contributed by atoms with E-state index in [0.717, 1.165) is 50.8 Å². The van der Waals surface area contributed by atoms with Gasteiger partial charge in [0.15, 0.2) is 5.01 Å². The fraction of sp³-hybridized carbons (Fsp3) is 0.600. The van der Waals surface area contributed by atoms with Gasteiger partial charge in [-0.1, -0.05) is 12.8 Å². The van der Waals surface area contributed by atoms with E-state index in [-0.39, 0.29) is 45.6 Å². The molecular formula is C25H32F3N5O3S. The molecule has 1 aliphatic heterocycles. The molecule has 0 aromatic carbocycles. The Bertz CT molecular complexity index is 1160. The molecular weight excluding hydrogens is 507 g/mol. The molecule has 2 amide bonds. The summed E-state index contributed by atoms with van der Waals surface area (Å²) in [6, 6.07) is 0.948. The number of amides is 2. The van der Waals surface area contributed by atoms with Crippen LogP contribution in [0.4, 0.5) is 19.0 Å². The van der Waals surface area contributed by atoms with Crippen LogP contribution in [0.2, 0.25) is 0 Å². The van der Waals surface area contributed by atoms with Crippen LogP contribution < -0.4 is 10.6 Å². The number of thiazole rings is 1. The second-order valence-electron chi connectivity index (χ2n) is 10.4. The zero-order valence-corrected chi connectivity index (χ0v) is 21.9. The summed E-state index contributed by atoms with van der Waals surface area (Å²) in [7, 11) is 0. The van der Waals surface area contributed by atoms with Crippen LogP contribution in [0.25, 0.3) is 10.4 Å². The number of aliphatic hydroxyl groups is 1. The van der Waals surface area contributed by atoms with E-state index in [1.807, 2.05) is 6.92 Å². The summed E-state index contributed by atoms with van der Waals surface area (Å²) in [4.78, 5) is 36.2. The highest BCUT2D eigenvalue weighted by molar-refractivity contribution is 7.17. The first-order chi connectivity index (χ1) is 17.3. The first-order valence-corrected chi connectivity index (χ1v) is 13.3. The number of nitrogens with one attached hydrogen (secondary N) is 2. The van der Waals surface area contributed by atoms with E-state index >= 15 is 0 Å². The highest BCUT2D eigenvalue weighted by Crippen LogP contribution is 2.42. The Hall–Kier alpha value is -2.73. The predicted molar refractivity (Wildman–Crippen MR) is 135 cm³/mol. The maximum Gasteiger partial charge on any atom is 0.417 e. The van der Waals surface area contributed by atoms with Gasteiger partial charge in [0.2, 0.25) is 0 Å². The van der Waals surface area contributed by atoms with Crippen molar-refractivity contribution in [2.45, 2.75) is 83.2 Å². The number of carbonyl (C=O) groups is 2. The van der Waals surface area contributed by atoms with Gasteiger partial charge < -0.3 is 20.6 Å². The summed E-state index contributed by atoms with van der Waals surface area (Å²) in [6.45, 7) is 5.26. The Morgan fingerprint density at radius 2 is 1.89 bits per heavy atom. The number of anilines is 1. The average Bonchev–Trinajstić information content (AvgIpc) is 3.57. The lowest BCUT2D eigenvalue weighted by atomic mass is 10.1. The molecule has 2 fully saturated rings. The summed E-state index contributed by atoms with van der Waals surface area (Å²) in [6.07, 6.45) is 1.71. The largest absolute Gasteiger partial charge is 0.417 e. The number of nitrogens with zero attached hydrogens (tertiary/aromatic N) is 3. The summed E-state index contributed by atoms with van der Waals surface area (Å²) in [5.41, 5.74) is -2.64. The Kier molecular flexibility index (Phi) is 7.80. The van der Waals surface area contributed by atoms with Crippen LogP contribution in [0.5, 0.6) is 0 Å². The molecule has 3 heterocycles. The lowest BCUT2D eigenvalue weighted by Gasteiger charge is -2.21. The van der Waals surface area contributed by atoms with Crippen molar-refractivity contribution in [1.82, 2.24) is 20.2 Å². The fourth-order valence-corrected chi connectivity index (χ4v) is 5.71. The van der Waals surface area contributed by atoms with E-state index in [1.165, 1.54) is 13.8 Å². The third-order valence-electron chi connectivity index (χ3n) is 6.68. The van der Waals surface area contributed by atoms with E-state index < -0.39 is 29.2 Å². The molecule has 0 radical (unpaired) electrons. The van der Waals surface area contributed by atoms with Crippen LogP contribution in [-0.2, 0) is 6.18 Å². The molecule has 202 valence electrons. The summed E-state index contributed by atoms with van der Waals surface area (Å²) in [5.74, 6) is -1.07. The number of halogens is 3. The third kappa shape index (κ3) is 6.40. The number of hydrogen-bond donors (Lipinski definition) is 3. The Morgan fingerprint density at radius 3 is 2.49 bits per heavy atom. The van der Waals surface area contributed by atoms with Crippen molar-refractivity contribution in [1.29, 1.82) is 0 Å². The van der Waals surface area contributed by atoms with Gasteiger partial charge in [-0.2, -0.15) is 13.2 Å². The van der Waals surface area contributed by atoms with Gasteiger partial charge in [-0.25, -0.2) is 9.97 Å². The molecule has 1 saturated carbocycles. The molecule has 2 aliphatic rings. The number of hydrogen-bond acceptors (Lipinski definition) is 7. The van der Waals surface area contributed by atoms with Gasteiger partial charge in [0, 0.05) is 36.9 Å². The molecule has 12 heteroatoms. The molecule has 8 nitrogen and oxygen atoms in total. The van der Waals surface area contributed by atoms with Crippen molar-refractivity contribution in [3.8, 4) is 10.4 Å². The van der Waals surface area contributed by atoms with E-state index in [4.69, 9.17) is 0 Å². The van der Waals surface area contributed by atoms with Gasteiger partial charge in [-0.05, 0) is 52.5 Å². The molecule has 1 atom stereocenters. The van der Waals surface area contributed by atoms with Crippen molar-refractivity contribution < 1.29 is 27.9 Å². The summed E-state index contributed by atoms with van der Waals surface area (Å²) in [5, 5.41) is 15.4. The molecule has 2 aromatic rings. The molecule has 0 bridgehead atoms. The first kappa shape index (κ1) is 27.3. The quantitative estimate of drug-likeness (QED) is 0.471. The summed E-state index contributed by atoms with van der Waals surface area (Å²) < 4.78 is 42.8. The number of pyridine rings is 1. The van der Waals surface area contributed by atoms with Gasteiger partial charge >= 0.3 is 6.18 Å². The van der Waals surface area contributed by atoms with Gasteiger partial charge in [0.25, 0.3) is 11.8 Å². The Labute approximate surface area is 217 Å². The fourth-order valence-electron chi connectivity index (χ4n) is 4.72. The monoisotopic (exact) mass is 539 g/mol. The minimum atomic E-state index is -4.72. The molecule has 4 rings (SSSR count). The molecule has 1 unspecified atom stereocenters. The second kappa shape index (κ2) is 10.6. The number of alkyl halides is 3. The summed E-state index contributed by atoms with van der Waals surface area (Å²) >= 11 is 0.716. The Balaban J connectivity index is 1.76. The van der Waals surface area contributed by atoms with E-state index in [1.54, 1.807) is 4.90 Å². The topological polar surface area (TPSA) is 107 Å². The lowest BCUT2D eigenvalue weighted by molar-refractivity contribution is -0.137. The van der Waals surface area contributed by atoms with Crippen LogP contribution in [-0.4, -0.2) is 62.6 Å². The first-order valence-electron chi connectivity index (χ1n) is 12.5. The molecule has 0 spiro atoms. The number of likely N-dealkylation sites (tertiary alicyclic amines) is 1. The number of carbonyl (C=O) groups excluding carboxylic acids is 2. The van der Waals surface area contributed by atoms with Crippen molar-refractivity contribution in [2.24, 2.45) is 0 Å². The van der Waals surface area contributed by atoms with Crippen LogP contribution in [0.3, 0.4) is 0 Å². The molecule has 1 saturated heterocycles. The SMILES string of the molecule is CC1CCCN1C(=O)c1nc(C(=O)NCC(C)(C)O)sc1-c1cnc(NC2CCCC2)cc1C(F)(F)F. The lowest BCUT2D eigenvalue weighted by Crippen LogP contribution is -2.38. The van der Waals surface area contributed by atoms with Gasteiger partial charge in [-0.3, -0.25) is 9.59 Å². The van der Waals surface area contributed by atoms with Gasteiger partial charge in [-0.15, -0.1) is 11.3 Å². The zero-order chi connectivity index (χ0) is 27.0. The maximum absolute atomic E-state index is 14.3. The molecule has 2 aromatic heterocycles. The highest BCUT2D eigenvalue weighted by Gasteiger charge is 2.38. The number of aromatic nitrogens is 2. The third-order valence-corrected chi connectivity index (χ3v) is 7.77. The van der Waals surface area contributed by atoms with E-state index in [0.29, 0.717) is 17.9 Å².